The Bertz CT molecular complexity index is 2490. The molecular weight excluding hydrogens is 615 g/mol. The molecule has 1 aromatic heterocycles. The molecule has 0 radical (unpaired) electrons. The molecule has 1 atom stereocenters. The van der Waals surface area contributed by atoms with E-state index in [1.165, 1.54) is 48.0 Å². The molecule has 0 bridgehead atoms. The minimum absolute atomic E-state index is 0.393. The van der Waals surface area contributed by atoms with Gasteiger partial charge >= 0.3 is 0 Å². The van der Waals surface area contributed by atoms with E-state index < -0.39 is 6.17 Å². The molecule has 4 heteroatoms. The van der Waals surface area contributed by atoms with Crippen molar-refractivity contribution in [3.63, 3.8) is 0 Å². The molecule has 9 rings (SSSR count). The van der Waals surface area contributed by atoms with Crippen molar-refractivity contribution in [3.8, 4) is 33.4 Å². The Morgan fingerprint density at radius 2 is 0.898 bits per heavy atom. The van der Waals surface area contributed by atoms with Crippen molar-refractivity contribution in [3.05, 3.63) is 193 Å². The van der Waals surface area contributed by atoms with Crippen molar-refractivity contribution in [2.75, 3.05) is 0 Å². The van der Waals surface area contributed by atoms with E-state index in [9.17, 15) is 0 Å². The van der Waals surface area contributed by atoms with E-state index in [0.717, 1.165) is 33.9 Å². The zero-order valence-electron chi connectivity index (χ0n) is 26.6. The lowest BCUT2D eigenvalue weighted by atomic mass is 9.97. The average molecular weight is 646 g/mol. The monoisotopic (exact) mass is 645 g/mol. The maximum absolute atomic E-state index is 5.20. The Morgan fingerprint density at radius 3 is 1.57 bits per heavy atom. The number of nitrogens with zero attached hydrogens (tertiary/aromatic N) is 2. The summed E-state index contributed by atoms with van der Waals surface area (Å²) in [4.78, 5) is 10.4. The Hall–Kier alpha value is -6.10. The zero-order valence-corrected chi connectivity index (χ0v) is 27.4. The van der Waals surface area contributed by atoms with Crippen LogP contribution in [-0.2, 0) is 0 Å². The van der Waals surface area contributed by atoms with E-state index in [1.807, 2.05) is 35.6 Å². The van der Waals surface area contributed by atoms with Crippen LogP contribution in [-0.4, -0.2) is 11.7 Å². The lowest BCUT2D eigenvalue weighted by Gasteiger charge is -2.23. The minimum Gasteiger partial charge on any atom is -0.324 e. The van der Waals surface area contributed by atoms with Gasteiger partial charge in [-0.3, -0.25) is 0 Å². The van der Waals surface area contributed by atoms with Crippen molar-refractivity contribution in [2.45, 2.75) is 6.17 Å². The lowest BCUT2D eigenvalue weighted by molar-refractivity contribution is 0.756. The summed E-state index contributed by atoms with van der Waals surface area (Å²) in [6.07, 6.45) is -0.393. The first-order valence-corrected chi connectivity index (χ1v) is 17.3. The molecule has 0 saturated carbocycles. The molecule has 232 valence electrons. The van der Waals surface area contributed by atoms with Crippen LogP contribution in [0.15, 0.2) is 186 Å². The fourth-order valence-electron chi connectivity index (χ4n) is 6.68. The van der Waals surface area contributed by atoms with Crippen molar-refractivity contribution < 1.29 is 0 Å². The second kappa shape index (κ2) is 12.5. The topological polar surface area (TPSA) is 36.8 Å². The van der Waals surface area contributed by atoms with Gasteiger partial charge in [-0.1, -0.05) is 158 Å². The Labute approximate surface area is 289 Å². The fourth-order valence-corrected chi connectivity index (χ4v) is 7.81. The molecule has 8 aromatic rings. The van der Waals surface area contributed by atoms with Crippen LogP contribution in [0.5, 0.6) is 0 Å². The van der Waals surface area contributed by atoms with Gasteiger partial charge in [-0.05, 0) is 57.1 Å². The van der Waals surface area contributed by atoms with Crippen molar-refractivity contribution in [2.24, 2.45) is 9.98 Å². The van der Waals surface area contributed by atoms with Crippen molar-refractivity contribution in [1.29, 1.82) is 0 Å². The van der Waals surface area contributed by atoms with E-state index in [2.05, 4.69) is 157 Å². The Morgan fingerprint density at radius 1 is 0.408 bits per heavy atom. The highest BCUT2D eigenvalue weighted by Crippen LogP contribution is 2.40. The van der Waals surface area contributed by atoms with Gasteiger partial charge in [0.15, 0.2) is 6.17 Å². The van der Waals surface area contributed by atoms with Gasteiger partial charge in [-0.15, -0.1) is 11.3 Å². The standard InChI is InChI=1S/C45H31N3S/c1-3-11-30(12-4-1)31-21-23-32(24-22-31)33-25-27-35(28-26-33)44-46-43(34-13-5-2-6-14-34)47-45(48-44)37-16-9-15-36(29-37)38-18-10-20-41-42(38)39-17-7-8-19-40(39)49-41/h1-29,45H,(H,46,47,48). The van der Waals surface area contributed by atoms with Crippen molar-refractivity contribution >= 4 is 43.2 Å². The largest absolute Gasteiger partial charge is 0.324 e. The zero-order chi connectivity index (χ0) is 32.6. The van der Waals surface area contributed by atoms with Crippen LogP contribution < -0.4 is 5.32 Å². The van der Waals surface area contributed by atoms with Gasteiger partial charge in [0, 0.05) is 31.3 Å². The van der Waals surface area contributed by atoms with Crippen LogP contribution in [0.2, 0.25) is 0 Å². The number of rotatable bonds is 6. The van der Waals surface area contributed by atoms with Gasteiger partial charge in [-0.25, -0.2) is 9.98 Å². The maximum Gasteiger partial charge on any atom is 0.169 e. The van der Waals surface area contributed by atoms with E-state index in [0.29, 0.717) is 0 Å². The molecule has 0 saturated heterocycles. The SMILES string of the molecule is c1ccc(C2=NC(c3cccc(-c4cccc5sc6ccccc6c45)c3)N=C(c3ccc(-c4ccc(-c5ccccc5)cc4)cc3)N2)cc1. The molecule has 1 aliphatic heterocycles. The van der Waals surface area contributed by atoms with Crippen LogP contribution in [0.4, 0.5) is 0 Å². The summed E-state index contributed by atoms with van der Waals surface area (Å²) in [5.74, 6) is 1.62. The Balaban J connectivity index is 1.07. The molecule has 0 amide bonds. The fraction of sp³-hybridized carbons (Fsp3) is 0.0222. The summed E-state index contributed by atoms with van der Waals surface area (Å²) in [6, 6.07) is 62.2. The lowest BCUT2D eigenvalue weighted by Crippen LogP contribution is -2.36. The van der Waals surface area contributed by atoms with Crippen LogP contribution >= 0.6 is 11.3 Å². The first-order chi connectivity index (χ1) is 24.3. The van der Waals surface area contributed by atoms with Crippen LogP contribution in [0.25, 0.3) is 53.6 Å². The molecule has 2 heterocycles. The second-order valence-electron chi connectivity index (χ2n) is 12.2. The molecule has 49 heavy (non-hydrogen) atoms. The summed E-state index contributed by atoms with van der Waals surface area (Å²) < 4.78 is 2.60. The van der Waals surface area contributed by atoms with Gasteiger partial charge < -0.3 is 5.32 Å². The Kier molecular flexibility index (Phi) is 7.41. The summed E-state index contributed by atoms with van der Waals surface area (Å²) in [6.45, 7) is 0. The second-order valence-corrected chi connectivity index (χ2v) is 13.3. The maximum atomic E-state index is 5.20. The molecule has 7 aromatic carbocycles. The van der Waals surface area contributed by atoms with E-state index >= 15 is 0 Å². The van der Waals surface area contributed by atoms with Crippen LogP contribution in [0, 0.1) is 0 Å². The third-order valence-corrected chi connectivity index (χ3v) is 10.3. The molecule has 1 aliphatic rings. The van der Waals surface area contributed by atoms with Gasteiger partial charge in [0.05, 0.1) is 0 Å². The molecule has 1 N–H and O–H groups in total. The van der Waals surface area contributed by atoms with Gasteiger partial charge in [-0.2, -0.15) is 0 Å². The van der Waals surface area contributed by atoms with Crippen LogP contribution in [0.3, 0.4) is 0 Å². The van der Waals surface area contributed by atoms with Gasteiger partial charge in [0.2, 0.25) is 0 Å². The molecule has 0 spiro atoms. The molecule has 1 unspecified atom stereocenters. The van der Waals surface area contributed by atoms with E-state index in [4.69, 9.17) is 9.98 Å². The number of hydrogen-bond acceptors (Lipinski definition) is 4. The van der Waals surface area contributed by atoms with E-state index in [-0.39, 0.29) is 0 Å². The molecular formula is C45H31N3S. The van der Waals surface area contributed by atoms with Crippen LogP contribution in [0.1, 0.15) is 22.9 Å². The highest BCUT2D eigenvalue weighted by Gasteiger charge is 2.21. The van der Waals surface area contributed by atoms with E-state index in [1.54, 1.807) is 0 Å². The number of benzene rings is 7. The molecule has 0 aliphatic carbocycles. The number of nitrogens with one attached hydrogen (secondary N) is 1. The summed E-state index contributed by atoms with van der Waals surface area (Å²) in [5.41, 5.74) is 10.3. The van der Waals surface area contributed by atoms with Gasteiger partial charge in [0.25, 0.3) is 0 Å². The third-order valence-electron chi connectivity index (χ3n) is 9.17. The predicted molar refractivity (Wildman–Crippen MR) is 207 cm³/mol. The average Bonchev–Trinajstić information content (AvgIpc) is 3.58. The minimum atomic E-state index is -0.393. The highest BCUT2D eigenvalue weighted by atomic mass is 32.1. The highest BCUT2D eigenvalue weighted by molar-refractivity contribution is 7.25. The number of aliphatic imine (C=N–C) groups is 2. The van der Waals surface area contributed by atoms with Gasteiger partial charge in [0.1, 0.15) is 11.7 Å². The molecule has 0 fully saturated rings. The summed E-state index contributed by atoms with van der Waals surface area (Å²) in [7, 11) is 0. The number of amidine groups is 2. The number of hydrogen-bond donors (Lipinski definition) is 1. The number of fused-ring (bicyclic) bond motifs is 3. The quantitative estimate of drug-likeness (QED) is 0.192. The number of thiophene rings is 1. The first-order valence-electron chi connectivity index (χ1n) is 16.5. The smallest absolute Gasteiger partial charge is 0.169 e. The summed E-state index contributed by atoms with van der Waals surface area (Å²) in [5, 5.41) is 6.16. The summed E-state index contributed by atoms with van der Waals surface area (Å²) >= 11 is 1.85. The van der Waals surface area contributed by atoms with Crippen molar-refractivity contribution in [1.82, 2.24) is 5.32 Å². The predicted octanol–water partition coefficient (Wildman–Crippen LogP) is 11.6. The third kappa shape index (κ3) is 5.62. The first kappa shape index (κ1) is 29.1. The molecule has 3 nitrogen and oxygen atoms in total. The normalized spacial score (nSPS) is 14.3.